The molecule has 0 aliphatic rings. The Labute approximate surface area is 220 Å². The third-order valence-corrected chi connectivity index (χ3v) is 9.57. The van der Waals surface area contributed by atoms with Gasteiger partial charge in [-0.2, -0.15) is 0 Å². The zero-order valence-electron chi connectivity index (χ0n) is 20.8. The van der Waals surface area contributed by atoms with Crippen LogP contribution in [0.4, 0.5) is 0 Å². The third kappa shape index (κ3) is 6.54. The topological polar surface area (TPSA) is 18.5 Å². The van der Waals surface area contributed by atoms with E-state index in [-0.39, 0.29) is 0 Å². The van der Waals surface area contributed by atoms with Crippen molar-refractivity contribution in [3.63, 3.8) is 0 Å². The average molecular weight is 592 g/mol. The fourth-order valence-corrected chi connectivity index (χ4v) is 8.25. The second kappa shape index (κ2) is 11.4. The number of hydrogen-bond donors (Lipinski definition) is 0. The molecule has 178 valence electrons. The van der Waals surface area contributed by atoms with Crippen molar-refractivity contribution in [2.45, 2.75) is 25.2 Å². The van der Waals surface area contributed by atoms with Crippen molar-refractivity contribution in [2.24, 2.45) is 0 Å². The van der Waals surface area contributed by atoms with Gasteiger partial charge < -0.3 is 0 Å². The van der Waals surface area contributed by atoms with E-state index in [1.807, 2.05) is 12.1 Å². The number of benzene rings is 4. The molecule has 4 rings (SSSR count). The zero-order valence-corrected chi connectivity index (χ0v) is 24.1. The summed E-state index contributed by atoms with van der Waals surface area (Å²) in [4.78, 5) is 0. The Balaban J connectivity index is 1.99. The molecule has 0 radical (unpaired) electrons. The van der Waals surface area contributed by atoms with Gasteiger partial charge in [0.1, 0.15) is 0 Å². The molecule has 0 saturated carbocycles. The number of ether oxygens (including phenoxy) is 1. The Morgan fingerprint density at radius 1 is 0.686 bits per heavy atom. The molecule has 4 aromatic rings. The van der Waals surface area contributed by atoms with E-state index < -0.39 is 34.8 Å². The first-order chi connectivity index (χ1) is 16.9. The molecule has 0 N–H and O–H groups in total. The second-order valence-electron chi connectivity index (χ2n) is 9.33. The summed E-state index contributed by atoms with van der Waals surface area (Å²) in [5.41, 5.74) is 2.80. The first-order valence-electron chi connectivity index (χ1n) is 11.8. The summed E-state index contributed by atoms with van der Waals surface area (Å²) < 4.78 is 15.4. The summed E-state index contributed by atoms with van der Waals surface area (Å²) in [6.07, 6.45) is 2.41. The van der Waals surface area contributed by atoms with E-state index in [0.717, 1.165) is 16.9 Å². The SMILES string of the molecule is COc1ccc(C(/C=C(/[Te]c2ccccc2)c2ccccc2)(O[Si](C)(C)C)c2ccccc2)cc1. The molecule has 4 aromatic carbocycles. The Kier molecular flexibility index (Phi) is 8.31. The molecule has 0 aliphatic heterocycles. The van der Waals surface area contributed by atoms with Crippen LogP contribution in [0.25, 0.3) is 3.62 Å². The molecule has 2 nitrogen and oxygen atoms in total. The van der Waals surface area contributed by atoms with E-state index in [1.54, 1.807) is 7.11 Å². The van der Waals surface area contributed by atoms with Crippen molar-refractivity contribution in [2.75, 3.05) is 7.11 Å². The van der Waals surface area contributed by atoms with E-state index >= 15 is 0 Å². The fraction of sp³-hybridized carbons (Fsp3) is 0.161. The van der Waals surface area contributed by atoms with Crippen LogP contribution in [0.15, 0.2) is 121 Å². The van der Waals surface area contributed by atoms with Crippen LogP contribution >= 0.6 is 0 Å². The van der Waals surface area contributed by atoms with Crippen LogP contribution in [0.1, 0.15) is 16.7 Å². The first kappa shape index (κ1) is 25.5. The third-order valence-electron chi connectivity index (χ3n) is 5.55. The zero-order chi connectivity index (χ0) is 24.7. The van der Waals surface area contributed by atoms with Gasteiger partial charge in [-0.3, -0.25) is 0 Å². The van der Waals surface area contributed by atoms with Crippen molar-refractivity contribution < 1.29 is 9.16 Å². The van der Waals surface area contributed by atoms with Crippen molar-refractivity contribution >= 4 is 36.5 Å². The van der Waals surface area contributed by atoms with Gasteiger partial charge >= 0.3 is 222 Å². The summed E-state index contributed by atoms with van der Waals surface area (Å²) >= 11 is -0.677. The summed E-state index contributed by atoms with van der Waals surface area (Å²) in [5, 5.41) is 0. The maximum absolute atomic E-state index is 7.20. The van der Waals surface area contributed by atoms with Crippen LogP contribution in [0.2, 0.25) is 19.6 Å². The van der Waals surface area contributed by atoms with Crippen LogP contribution in [-0.4, -0.2) is 36.4 Å². The van der Waals surface area contributed by atoms with Crippen LogP contribution in [0, 0.1) is 0 Å². The minimum absolute atomic E-state index is 0.677. The first-order valence-corrected chi connectivity index (χ1v) is 17.5. The molecule has 0 aliphatic carbocycles. The van der Waals surface area contributed by atoms with Crippen LogP contribution in [0.5, 0.6) is 5.75 Å². The predicted molar refractivity (Wildman–Crippen MR) is 151 cm³/mol. The number of methoxy groups -OCH3 is 1. The second-order valence-corrected chi connectivity index (χ2v) is 16.9. The molecule has 35 heavy (non-hydrogen) atoms. The maximum atomic E-state index is 7.20. The van der Waals surface area contributed by atoms with Gasteiger partial charge in [0.25, 0.3) is 0 Å². The number of hydrogen-bond acceptors (Lipinski definition) is 2. The monoisotopic (exact) mass is 594 g/mol. The molecule has 0 heterocycles. The fourth-order valence-electron chi connectivity index (χ4n) is 4.06. The van der Waals surface area contributed by atoms with Crippen LogP contribution in [0.3, 0.4) is 0 Å². The van der Waals surface area contributed by atoms with E-state index in [0.29, 0.717) is 0 Å². The van der Waals surface area contributed by atoms with Crippen LogP contribution in [-0.2, 0) is 10.0 Å². The van der Waals surface area contributed by atoms with Gasteiger partial charge in [-0.15, -0.1) is 0 Å². The van der Waals surface area contributed by atoms with E-state index in [9.17, 15) is 0 Å². The predicted octanol–water partition coefficient (Wildman–Crippen LogP) is 6.86. The molecular weight excluding hydrogens is 560 g/mol. The molecular formula is C31H32O2SiTe. The van der Waals surface area contributed by atoms with Gasteiger partial charge in [-0.1, -0.05) is 0 Å². The molecule has 0 bridgehead atoms. The standard InChI is InChI=1S/C31H32O2SiTe/c1-32-28-22-20-27(21-23-28)31(33-34(2,3)4,26-16-10-6-11-17-26)24-30(25-14-8-5-9-15-25)35-29-18-12-7-13-19-29/h5-24H,1-4H3/b30-24+. The average Bonchev–Trinajstić information content (AvgIpc) is 2.89. The van der Waals surface area contributed by atoms with E-state index in [2.05, 4.69) is 129 Å². The summed E-state index contributed by atoms with van der Waals surface area (Å²) in [5.74, 6) is 0.842. The molecule has 4 heteroatoms. The quantitative estimate of drug-likeness (QED) is 0.198. The Morgan fingerprint density at radius 3 is 1.74 bits per heavy atom. The molecule has 0 spiro atoms. The van der Waals surface area contributed by atoms with E-state index in [4.69, 9.17) is 9.16 Å². The van der Waals surface area contributed by atoms with Crippen LogP contribution < -0.4 is 8.35 Å². The molecule has 0 fully saturated rings. The van der Waals surface area contributed by atoms with Crippen molar-refractivity contribution in [1.29, 1.82) is 0 Å². The molecule has 1 unspecified atom stereocenters. The molecule has 1 atom stereocenters. The molecule has 0 aromatic heterocycles. The van der Waals surface area contributed by atoms with Gasteiger partial charge in [-0.05, 0) is 0 Å². The molecule has 0 amide bonds. The molecule has 0 saturated heterocycles. The Morgan fingerprint density at radius 2 is 1.20 bits per heavy atom. The van der Waals surface area contributed by atoms with Gasteiger partial charge in [-0.25, -0.2) is 0 Å². The summed E-state index contributed by atoms with van der Waals surface area (Å²) in [6, 6.07) is 40.6. The van der Waals surface area contributed by atoms with Gasteiger partial charge in [0.2, 0.25) is 0 Å². The Hall–Kier alpha value is -2.61. The van der Waals surface area contributed by atoms with Gasteiger partial charge in [0.05, 0.1) is 0 Å². The van der Waals surface area contributed by atoms with Gasteiger partial charge in [0.15, 0.2) is 0 Å². The van der Waals surface area contributed by atoms with Crippen molar-refractivity contribution in [1.82, 2.24) is 0 Å². The Bertz CT molecular complexity index is 1230. The van der Waals surface area contributed by atoms with Gasteiger partial charge in [0, 0.05) is 0 Å². The van der Waals surface area contributed by atoms with Crippen molar-refractivity contribution in [3.8, 4) is 5.75 Å². The van der Waals surface area contributed by atoms with E-state index in [1.165, 1.54) is 12.8 Å². The summed E-state index contributed by atoms with van der Waals surface area (Å²) in [7, 11) is -0.296. The normalized spacial score (nSPS) is 13.8. The summed E-state index contributed by atoms with van der Waals surface area (Å²) in [6.45, 7) is 6.79. The number of rotatable bonds is 9. The van der Waals surface area contributed by atoms with Crippen molar-refractivity contribution in [3.05, 3.63) is 138 Å². The minimum atomic E-state index is -2.00.